The van der Waals surface area contributed by atoms with E-state index in [0.29, 0.717) is 0 Å². The van der Waals surface area contributed by atoms with Crippen LogP contribution in [0.5, 0.6) is 0 Å². The minimum Gasteiger partial charge on any atom is -0.317 e. The van der Waals surface area contributed by atoms with Crippen molar-refractivity contribution in [1.29, 1.82) is 0 Å². The number of hydrazine groups is 1. The normalized spacial score (nSPS) is 24.6. The number of hydrogen-bond acceptors (Lipinski definition) is 2. The van der Waals surface area contributed by atoms with Crippen molar-refractivity contribution in [3.63, 3.8) is 0 Å². The molecule has 1 aliphatic heterocycles. The Morgan fingerprint density at radius 1 is 1.31 bits per heavy atom. The van der Waals surface area contributed by atoms with Crippen LogP contribution in [0.25, 0.3) is 0 Å². The molecule has 0 bridgehead atoms. The van der Waals surface area contributed by atoms with Gasteiger partial charge in [0, 0.05) is 0 Å². The van der Waals surface area contributed by atoms with Crippen molar-refractivity contribution in [1.82, 2.24) is 10.7 Å². The lowest BCUT2D eigenvalue weighted by Gasteiger charge is -2.24. The number of nitrogens with zero attached hydrogens (tertiary/aromatic N) is 1. The van der Waals surface area contributed by atoms with Crippen molar-refractivity contribution in [3.8, 4) is 0 Å². The summed E-state index contributed by atoms with van der Waals surface area (Å²) in [5.74, 6) is 0. The Balaban J connectivity index is 2.17. The number of nitrogens with one attached hydrogen (secondary N) is 2. The van der Waals surface area contributed by atoms with E-state index in [-0.39, 0.29) is 11.7 Å². The van der Waals surface area contributed by atoms with Gasteiger partial charge in [-0.3, -0.25) is 0 Å². The van der Waals surface area contributed by atoms with Crippen molar-refractivity contribution in [2.75, 3.05) is 5.01 Å². The van der Waals surface area contributed by atoms with Gasteiger partial charge in [-0.2, -0.15) is 0 Å². The van der Waals surface area contributed by atoms with E-state index in [4.69, 9.17) is 0 Å². The first-order chi connectivity index (χ1) is 7.64. The molecular formula is C12H17N3O. The minimum absolute atomic E-state index is 0.0952. The third-order valence-corrected chi connectivity index (χ3v) is 2.71. The Morgan fingerprint density at radius 3 is 2.62 bits per heavy atom. The second-order valence-corrected chi connectivity index (χ2v) is 4.30. The van der Waals surface area contributed by atoms with Gasteiger partial charge < -0.3 is 5.32 Å². The Morgan fingerprint density at radius 2 is 2.00 bits per heavy atom. The fourth-order valence-electron chi connectivity index (χ4n) is 1.99. The van der Waals surface area contributed by atoms with Crippen LogP contribution in [0.15, 0.2) is 30.3 Å². The molecule has 1 aromatic rings. The molecule has 2 amide bonds. The van der Waals surface area contributed by atoms with Crippen molar-refractivity contribution < 1.29 is 4.79 Å². The molecule has 0 radical (unpaired) electrons. The summed E-state index contributed by atoms with van der Waals surface area (Å²) >= 11 is 0. The topological polar surface area (TPSA) is 44.4 Å². The summed E-state index contributed by atoms with van der Waals surface area (Å²) in [5, 5.41) is 4.52. The van der Waals surface area contributed by atoms with Crippen LogP contribution >= 0.6 is 0 Å². The van der Waals surface area contributed by atoms with Gasteiger partial charge in [-0.1, -0.05) is 31.5 Å². The molecule has 0 spiro atoms. The quantitative estimate of drug-likeness (QED) is 0.818. The highest BCUT2D eigenvalue weighted by atomic mass is 16.2. The number of hydrogen-bond donors (Lipinski definition) is 2. The van der Waals surface area contributed by atoms with E-state index >= 15 is 0 Å². The zero-order chi connectivity index (χ0) is 11.6. The van der Waals surface area contributed by atoms with Gasteiger partial charge >= 0.3 is 6.03 Å². The van der Waals surface area contributed by atoms with Crippen molar-refractivity contribution in [3.05, 3.63) is 30.3 Å². The fraction of sp³-hybridized carbons (Fsp3) is 0.417. The molecule has 0 aliphatic carbocycles. The molecule has 4 heteroatoms. The second-order valence-electron chi connectivity index (χ2n) is 4.30. The Bertz CT molecular complexity index is 379. The maximum atomic E-state index is 11.8. The molecule has 1 aromatic carbocycles. The smallest absolute Gasteiger partial charge is 0.317 e. The van der Waals surface area contributed by atoms with Gasteiger partial charge in [-0.15, -0.1) is 0 Å². The monoisotopic (exact) mass is 219 g/mol. The average molecular weight is 219 g/mol. The van der Waals surface area contributed by atoms with Gasteiger partial charge in [0.25, 0.3) is 0 Å². The van der Waals surface area contributed by atoms with E-state index in [2.05, 4.69) is 17.7 Å². The first kappa shape index (κ1) is 11.0. The fourth-order valence-corrected chi connectivity index (χ4v) is 1.99. The van der Waals surface area contributed by atoms with Crippen LogP contribution in [-0.2, 0) is 0 Å². The molecule has 86 valence electrons. The summed E-state index contributed by atoms with van der Waals surface area (Å²) < 4.78 is 0. The van der Waals surface area contributed by atoms with Gasteiger partial charge in [0.15, 0.2) is 0 Å². The third-order valence-electron chi connectivity index (χ3n) is 2.71. The molecule has 0 aromatic heterocycles. The minimum atomic E-state index is -0.332. The molecule has 1 saturated heterocycles. The molecule has 1 atom stereocenters. The van der Waals surface area contributed by atoms with Crippen molar-refractivity contribution >= 4 is 11.7 Å². The van der Waals surface area contributed by atoms with E-state index in [9.17, 15) is 4.79 Å². The van der Waals surface area contributed by atoms with Crippen LogP contribution in [0.3, 0.4) is 0 Å². The van der Waals surface area contributed by atoms with Crippen LogP contribution < -0.4 is 15.8 Å². The maximum absolute atomic E-state index is 11.8. The third kappa shape index (κ3) is 2.02. The molecule has 4 nitrogen and oxygen atoms in total. The first-order valence-electron chi connectivity index (χ1n) is 5.60. The molecule has 0 saturated carbocycles. The first-order valence-corrected chi connectivity index (χ1v) is 5.60. The molecule has 1 fully saturated rings. The zero-order valence-electron chi connectivity index (χ0n) is 9.66. The molecule has 2 N–H and O–H groups in total. The molecule has 1 unspecified atom stereocenters. The standard InChI is InChI=1S/C12H17N3O/c1-3-9-12(2)13-11(16)15(14-12)10-7-5-4-6-8-10/h4-8,14H,3,9H2,1-2H3,(H,13,16). The highest BCUT2D eigenvalue weighted by Crippen LogP contribution is 2.21. The SMILES string of the molecule is CCCC1(C)NC(=O)N(c2ccccc2)N1. The predicted octanol–water partition coefficient (Wildman–Crippen LogP) is 2.24. The summed E-state index contributed by atoms with van der Waals surface area (Å²) in [4.78, 5) is 11.8. The Labute approximate surface area is 95.6 Å². The number of carbonyl (C=O) groups excluding carboxylic acids is 1. The number of amides is 2. The lowest BCUT2D eigenvalue weighted by molar-refractivity contribution is 0.246. The Hall–Kier alpha value is -1.55. The molecular weight excluding hydrogens is 202 g/mol. The van der Waals surface area contributed by atoms with Crippen LogP contribution in [0, 0.1) is 0 Å². The number of para-hydroxylation sites is 1. The number of urea groups is 1. The van der Waals surface area contributed by atoms with Gasteiger partial charge in [-0.25, -0.2) is 15.2 Å². The zero-order valence-corrected chi connectivity index (χ0v) is 9.66. The van der Waals surface area contributed by atoms with Crippen LogP contribution in [0.4, 0.5) is 10.5 Å². The van der Waals surface area contributed by atoms with E-state index in [1.807, 2.05) is 37.3 Å². The highest BCUT2D eigenvalue weighted by Gasteiger charge is 2.37. The van der Waals surface area contributed by atoms with Gasteiger partial charge in [0.1, 0.15) is 5.66 Å². The number of carbonyl (C=O) groups is 1. The van der Waals surface area contributed by atoms with Crippen LogP contribution in [0.1, 0.15) is 26.7 Å². The second kappa shape index (κ2) is 4.14. The predicted molar refractivity (Wildman–Crippen MR) is 63.9 cm³/mol. The maximum Gasteiger partial charge on any atom is 0.338 e. The molecule has 1 heterocycles. The molecule has 16 heavy (non-hydrogen) atoms. The summed E-state index contributed by atoms with van der Waals surface area (Å²) in [6, 6.07) is 9.48. The van der Waals surface area contributed by atoms with Crippen LogP contribution in [0.2, 0.25) is 0 Å². The summed E-state index contributed by atoms with van der Waals surface area (Å²) in [7, 11) is 0. The number of benzene rings is 1. The lowest BCUT2D eigenvalue weighted by atomic mass is 10.1. The lowest BCUT2D eigenvalue weighted by Crippen LogP contribution is -2.48. The summed E-state index contributed by atoms with van der Waals surface area (Å²) in [6.07, 6.45) is 1.93. The van der Waals surface area contributed by atoms with Crippen molar-refractivity contribution in [2.24, 2.45) is 0 Å². The summed E-state index contributed by atoms with van der Waals surface area (Å²) in [6.45, 7) is 4.10. The van der Waals surface area contributed by atoms with E-state index in [1.165, 1.54) is 0 Å². The average Bonchev–Trinajstić information content (AvgIpc) is 2.56. The van der Waals surface area contributed by atoms with Crippen LogP contribution in [-0.4, -0.2) is 11.7 Å². The number of anilines is 1. The largest absolute Gasteiger partial charge is 0.338 e. The molecule has 2 rings (SSSR count). The van der Waals surface area contributed by atoms with Gasteiger partial charge in [-0.05, 0) is 25.5 Å². The number of rotatable bonds is 3. The Kier molecular flexibility index (Phi) is 2.83. The van der Waals surface area contributed by atoms with Crippen molar-refractivity contribution in [2.45, 2.75) is 32.4 Å². The van der Waals surface area contributed by atoms with Gasteiger partial charge in [0.2, 0.25) is 0 Å². The van der Waals surface area contributed by atoms with Gasteiger partial charge in [0.05, 0.1) is 5.69 Å². The van der Waals surface area contributed by atoms with E-state index < -0.39 is 0 Å². The molecule has 1 aliphatic rings. The highest BCUT2D eigenvalue weighted by molar-refractivity contribution is 5.93. The summed E-state index contributed by atoms with van der Waals surface area (Å²) in [5.41, 5.74) is 3.74. The van der Waals surface area contributed by atoms with E-state index in [1.54, 1.807) is 5.01 Å². The van der Waals surface area contributed by atoms with E-state index in [0.717, 1.165) is 18.5 Å².